The molecule has 0 saturated carbocycles. The second kappa shape index (κ2) is 11.1. The zero-order chi connectivity index (χ0) is 23.9. The van der Waals surface area contributed by atoms with E-state index in [1.165, 1.54) is 4.88 Å². The maximum absolute atomic E-state index is 11.3. The lowest BCUT2D eigenvalue weighted by molar-refractivity contribution is -0.138. The van der Waals surface area contributed by atoms with Gasteiger partial charge >= 0.3 is 5.97 Å². The van der Waals surface area contributed by atoms with Crippen molar-refractivity contribution in [2.24, 2.45) is 0 Å². The number of carboxylic acid groups (broad SMARTS) is 1. The monoisotopic (exact) mass is 476 g/mol. The van der Waals surface area contributed by atoms with Crippen molar-refractivity contribution in [2.45, 2.75) is 33.4 Å². The molecule has 0 aliphatic carbocycles. The fraction of sp³-hybridized carbons (Fsp3) is 0.259. The van der Waals surface area contributed by atoms with Crippen molar-refractivity contribution >= 4 is 17.3 Å². The highest BCUT2D eigenvalue weighted by Gasteiger charge is 2.14. The maximum Gasteiger partial charge on any atom is 0.317 e. The largest absolute Gasteiger partial charge is 0.493 e. The number of nitrogens with zero attached hydrogens (tertiary/aromatic N) is 2. The summed E-state index contributed by atoms with van der Waals surface area (Å²) in [5, 5.41) is 9.29. The van der Waals surface area contributed by atoms with Crippen molar-refractivity contribution in [1.29, 1.82) is 0 Å². The van der Waals surface area contributed by atoms with E-state index in [-0.39, 0.29) is 6.54 Å². The lowest BCUT2D eigenvalue weighted by Gasteiger charge is -2.20. The van der Waals surface area contributed by atoms with E-state index in [2.05, 4.69) is 18.0 Å². The minimum atomic E-state index is -0.837. The average Bonchev–Trinajstić information content (AvgIpc) is 3.41. The molecule has 1 N–H and O–H groups in total. The number of benzene rings is 2. The normalized spacial score (nSPS) is 11.1. The van der Waals surface area contributed by atoms with E-state index in [9.17, 15) is 9.90 Å². The van der Waals surface area contributed by atoms with Crippen LogP contribution in [-0.2, 0) is 24.3 Å². The summed E-state index contributed by atoms with van der Waals surface area (Å²) in [5.41, 5.74) is 3.03. The number of aliphatic carboxylic acids is 1. The summed E-state index contributed by atoms with van der Waals surface area (Å²) in [4.78, 5) is 20.1. The van der Waals surface area contributed by atoms with Crippen LogP contribution in [0.5, 0.6) is 5.75 Å². The Kier molecular flexibility index (Phi) is 7.77. The second-order valence-electron chi connectivity index (χ2n) is 8.20. The molecule has 2 heterocycles. The van der Waals surface area contributed by atoms with Gasteiger partial charge in [-0.1, -0.05) is 42.5 Å². The van der Waals surface area contributed by atoms with Crippen molar-refractivity contribution < 1.29 is 19.1 Å². The van der Waals surface area contributed by atoms with Crippen LogP contribution in [0, 0.1) is 13.8 Å². The standard InChI is InChI=1S/C27H28N2O4S/c1-19-8-13-25(34-19)27-28-24(20(2)33-27)14-15-32-23-11-9-22(10-12-23)17-29(18-26(30)31)16-21-6-4-3-5-7-21/h3-13H,14-18H2,1-2H3,(H,30,31). The molecule has 2 aromatic carbocycles. The van der Waals surface area contributed by atoms with Gasteiger partial charge in [0.2, 0.25) is 5.89 Å². The van der Waals surface area contributed by atoms with Gasteiger partial charge in [-0.25, -0.2) is 4.98 Å². The average molecular weight is 477 g/mol. The van der Waals surface area contributed by atoms with Gasteiger partial charge in [-0.15, -0.1) is 11.3 Å². The first kappa shape index (κ1) is 23.7. The summed E-state index contributed by atoms with van der Waals surface area (Å²) in [5.74, 6) is 1.41. The highest BCUT2D eigenvalue weighted by atomic mass is 32.1. The minimum Gasteiger partial charge on any atom is -0.493 e. The molecule has 0 aliphatic rings. The molecule has 176 valence electrons. The first-order chi connectivity index (χ1) is 16.5. The van der Waals surface area contributed by atoms with Crippen LogP contribution in [0.4, 0.5) is 0 Å². The SMILES string of the molecule is Cc1ccc(-c2nc(CCOc3ccc(CN(CC(=O)O)Cc4ccccc4)cc3)c(C)o2)s1. The van der Waals surface area contributed by atoms with Gasteiger partial charge in [0.15, 0.2) is 0 Å². The topological polar surface area (TPSA) is 75.8 Å². The van der Waals surface area contributed by atoms with Crippen LogP contribution < -0.4 is 4.74 Å². The Morgan fingerprint density at radius 1 is 1.00 bits per heavy atom. The van der Waals surface area contributed by atoms with Crippen LogP contribution in [-0.4, -0.2) is 34.1 Å². The van der Waals surface area contributed by atoms with E-state index < -0.39 is 5.97 Å². The molecule has 0 fully saturated rings. The quantitative estimate of drug-likeness (QED) is 0.298. The third kappa shape index (κ3) is 6.56. The lowest BCUT2D eigenvalue weighted by Crippen LogP contribution is -2.28. The van der Waals surface area contributed by atoms with E-state index >= 15 is 0 Å². The molecule has 2 aromatic heterocycles. The number of thiophene rings is 1. The molecule has 0 amide bonds. The Bertz CT molecular complexity index is 1220. The molecule has 0 unspecified atom stereocenters. The molecule has 0 bridgehead atoms. The predicted octanol–water partition coefficient (Wildman–Crippen LogP) is 5.73. The molecule has 4 rings (SSSR count). The predicted molar refractivity (Wildman–Crippen MR) is 133 cm³/mol. The van der Waals surface area contributed by atoms with Crippen molar-refractivity contribution in [2.75, 3.05) is 13.2 Å². The maximum atomic E-state index is 11.3. The Balaban J connectivity index is 1.31. The molecule has 7 heteroatoms. The molecular formula is C27H28N2O4S. The molecule has 0 atom stereocenters. The number of carbonyl (C=O) groups is 1. The zero-order valence-corrected chi connectivity index (χ0v) is 20.2. The summed E-state index contributed by atoms with van der Waals surface area (Å²) in [6, 6.07) is 21.8. The fourth-order valence-corrected chi connectivity index (χ4v) is 4.52. The van der Waals surface area contributed by atoms with E-state index in [1.54, 1.807) is 11.3 Å². The number of aryl methyl sites for hydroxylation is 2. The van der Waals surface area contributed by atoms with Crippen LogP contribution in [0.2, 0.25) is 0 Å². The van der Waals surface area contributed by atoms with Crippen LogP contribution in [0.25, 0.3) is 10.8 Å². The third-order valence-corrected chi connectivity index (χ3v) is 6.38. The number of ether oxygens (including phenoxy) is 1. The van der Waals surface area contributed by atoms with E-state index in [0.29, 0.717) is 32.0 Å². The van der Waals surface area contributed by atoms with Gasteiger partial charge in [0.1, 0.15) is 11.5 Å². The van der Waals surface area contributed by atoms with Crippen molar-refractivity contribution in [1.82, 2.24) is 9.88 Å². The smallest absolute Gasteiger partial charge is 0.317 e. The Labute approximate surface area is 203 Å². The molecule has 34 heavy (non-hydrogen) atoms. The van der Waals surface area contributed by atoms with Crippen LogP contribution >= 0.6 is 11.3 Å². The number of carboxylic acids is 1. The summed E-state index contributed by atoms with van der Waals surface area (Å²) in [7, 11) is 0. The first-order valence-corrected chi connectivity index (χ1v) is 12.0. The van der Waals surface area contributed by atoms with Gasteiger partial charge in [0.05, 0.1) is 23.7 Å². The van der Waals surface area contributed by atoms with E-state index in [4.69, 9.17) is 9.15 Å². The van der Waals surface area contributed by atoms with Gasteiger partial charge in [-0.05, 0) is 49.2 Å². The number of aromatic nitrogens is 1. The van der Waals surface area contributed by atoms with Crippen molar-refractivity contribution in [3.05, 3.63) is 94.2 Å². The molecule has 0 radical (unpaired) electrons. The van der Waals surface area contributed by atoms with Gasteiger partial charge in [-0.3, -0.25) is 9.69 Å². The van der Waals surface area contributed by atoms with Crippen LogP contribution in [0.3, 0.4) is 0 Å². The number of hydrogen-bond acceptors (Lipinski definition) is 6. The summed E-state index contributed by atoms with van der Waals surface area (Å²) >= 11 is 1.67. The first-order valence-electron chi connectivity index (χ1n) is 11.2. The van der Waals surface area contributed by atoms with Gasteiger partial charge < -0.3 is 14.3 Å². The highest BCUT2D eigenvalue weighted by molar-refractivity contribution is 7.15. The van der Waals surface area contributed by atoms with Gasteiger partial charge in [-0.2, -0.15) is 0 Å². The fourth-order valence-electron chi connectivity index (χ4n) is 3.73. The van der Waals surface area contributed by atoms with Crippen LogP contribution in [0.1, 0.15) is 27.5 Å². The van der Waals surface area contributed by atoms with Crippen molar-refractivity contribution in [3.8, 4) is 16.5 Å². The molecule has 0 saturated heterocycles. The molecule has 6 nitrogen and oxygen atoms in total. The molecule has 0 spiro atoms. The molecule has 0 aliphatic heterocycles. The molecule has 4 aromatic rings. The molecular weight excluding hydrogens is 448 g/mol. The van der Waals surface area contributed by atoms with Crippen LogP contribution in [0.15, 0.2) is 71.1 Å². The van der Waals surface area contributed by atoms with Gasteiger partial charge in [0.25, 0.3) is 0 Å². The highest BCUT2D eigenvalue weighted by Crippen LogP contribution is 2.28. The number of hydrogen-bond donors (Lipinski definition) is 1. The summed E-state index contributed by atoms with van der Waals surface area (Å²) in [6.07, 6.45) is 0.658. The summed E-state index contributed by atoms with van der Waals surface area (Å²) < 4.78 is 11.8. The Morgan fingerprint density at radius 3 is 2.35 bits per heavy atom. The van der Waals surface area contributed by atoms with Gasteiger partial charge in [0, 0.05) is 24.4 Å². The lowest BCUT2D eigenvalue weighted by atomic mass is 10.1. The second-order valence-corrected chi connectivity index (χ2v) is 9.49. The minimum absolute atomic E-state index is 0.0166. The van der Waals surface area contributed by atoms with E-state index in [1.807, 2.05) is 72.5 Å². The van der Waals surface area contributed by atoms with Crippen molar-refractivity contribution in [3.63, 3.8) is 0 Å². The zero-order valence-electron chi connectivity index (χ0n) is 19.4. The Hall–Kier alpha value is -3.42. The third-order valence-electron chi connectivity index (χ3n) is 5.39. The number of rotatable bonds is 11. The van der Waals surface area contributed by atoms with E-state index in [0.717, 1.165) is 33.2 Å². The summed E-state index contributed by atoms with van der Waals surface area (Å²) in [6.45, 7) is 5.60. The number of oxazole rings is 1. The Morgan fingerprint density at radius 2 is 1.71 bits per heavy atom.